The smallest absolute Gasteiger partial charge is 0.214 e. The van der Waals surface area contributed by atoms with E-state index < -0.39 is 10.3 Å². The SMILES string of the molecule is CN(C)C1CCc2cccc(C=S(=O)=O)c2C1.Cl. The van der Waals surface area contributed by atoms with E-state index in [0.29, 0.717) is 6.04 Å². The normalized spacial score (nSPS) is 17.8. The Balaban J connectivity index is 0.00000162. The summed E-state index contributed by atoms with van der Waals surface area (Å²) < 4.78 is 21.6. The van der Waals surface area contributed by atoms with Gasteiger partial charge in [-0.2, -0.15) is 8.42 Å². The molecule has 0 amide bonds. The van der Waals surface area contributed by atoms with Gasteiger partial charge in [0.05, 0.1) is 5.37 Å². The monoisotopic (exact) mass is 287 g/mol. The highest BCUT2D eigenvalue weighted by molar-refractivity contribution is 7.71. The van der Waals surface area contributed by atoms with E-state index in [9.17, 15) is 8.42 Å². The van der Waals surface area contributed by atoms with Crippen molar-refractivity contribution in [1.29, 1.82) is 0 Å². The van der Waals surface area contributed by atoms with Crippen LogP contribution in [0, 0.1) is 0 Å². The van der Waals surface area contributed by atoms with E-state index in [0.717, 1.165) is 24.8 Å². The fourth-order valence-electron chi connectivity index (χ4n) is 2.45. The molecule has 1 aromatic rings. The molecule has 0 radical (unpaired) electrons. The number of halogens is 1. The standard InChI is InChI=1S/C13H17NO2S.ClH/c1-14(2)12-7-6-10-4-3-5-11(9-17(15)16)13(10)8-12;/h3-5,9,12H,6-8H2,1-2H3;1H. The van der Waals surface area contributed by atoms with Crippen LogP contribution in [0.1, 0.15) is 23.1 Å². The molecule has 0 heterocycles. The lowest BCUT2D eigenvalue weighted by atomic mass is 9.85. The van der Waals surface area contributed by atoms with Crippen molar-refractivity contribution in [2.75, 3.05) is 14.1 Å². The van der Waals surface area contributed by atoms with Crippen molar-refractivity contribution in [3.8, 4) is 0 Å². The quantitative estimate of drug-likeness (QED) is 0.775. The Morgan fingerprint density at radius 3 is 2.67 bits per heavy atom. The number of rotatable bonds is 2. The van der Waals surface area contributed by atoms with E-state index in [1.807, 2.05) is 12.1 Å². The maximum absolute atomic E-state index is 10.8. The van der Waals surface area contributed by atoms with E-state index in [1.165, 1.54) is 16.5 Å². The Hall–Kier alpha value is -0.840. The first kappa shape index (κ1) is 15.2. The first-order valence-corrected chi connectivity index (χ1v) is 6.92. The number of fused-ring (bicyclic) bond motifs is 1. The van der Waals surface area contributed by atoms with E-state index in [2.05, 4.69) is 25.1 Å². The second-order valence-corrected chi connectivity index (χ2v) is 5.48. The van der Waals surface area contributed by atoms with Crippen LogP contribution >= 0.6 is 12.4 Å². The van der Waals surface area contributed by atoms with Crippen molar-refractivity contribution < 1.29 is 8.42 Å². The van der Waals surface area contributed by atoms with Crippen molar-refractivity contribution in [2.24, 2.45) is 0 Å². The van der Waals surface area contributed by atoms with Crippen molar-refractivity contribution in [1.82, 2.24) is 4.90 Å². The van der Waals surface area contributed by atoms with Crippen LogP contribution in [0.15, 0.2) is 18.2 Å². The Bertz CT molecular complexity index is 544. The summed E-state index contributed by atoms with van der Waals surface area (Å²) in [7, 11) is 2.03. The van der Waals surface area contributed by atoms with Gasteiger partial charge >= 0.3 is 0 Å². The summed E-state index contributed by atoms with van der Waals surface area (Å²) in [6.45, 7) is 0. The van der Waals surface area contributed by atoms with Gasteiger partial charge in [0.15, 0.2) is 0 Å². The molecule has 0 bridgehead atoms. The number of hydrogen-bond donors (Lipinski definition) is 0. The second-order valence-electron chi connectivity index (χ2n) is 4.72. The van der Waals surface area contributed by atoms with Crippen molar-refractivity contribution >= 4 is 28.1 Å². The summed E-state index contributed by atoms with van der Waals surface area (Å²) in [6, 6.07) is 6.43. The van der Waals surface area contributed by atoms with Gasteiger partial charge in [0, 0.05) is 6.04 Å². The largest absolute Gasteiger partial charge is 0.306 e. The third-order valence-electron chi connectivity index (χ3n) is 3.45. The van der Waals surface area contributed by atoms with Gasteiger partial charge in [-0.3, -0.25) is 0 Å². The number of benzene rings is 1. The third-order valence-corrected chi connectivity index (χ3v) is 3.90. The first-order chi connectivity index (χ1) is 8.08. The van der Waals surface area contributed by atoms with E-state index in [-0.39, 0.29) is 12.4 Å². The fraction of sp³-hybridized carbons (Fsp3) is 0.462. The van der Waals surface area contributed by atoms with Gasteiger partial charge < -0.3 is 4.90 Å². The molecule has 1 aliphatic carbocycles. The molecule has 100 valence electrons. The Kier molecular flexibility index (Phi) is 5.38. The molecule has 0 fully saturated rings. The minimum atomic E-state index is -2.13. The van der Waals surface area contributed by atoms with Crippen LogP contribution in [-0.4, -0.2) is 38.8 Å². The Morgan fingerprint density at radius 1 is 1.33 bits per heavy atom. The lowest BCUT2D eigenvalue weighted by Gasteiger charge is -2.30. The molecule has 1 atom stereocenters. The minimum absolute atomic E-state index is 0. The average molecular weight is 288 g/mol. The summed E-state index contributed by atoms with van der Waals surface area (Å²) in [5.41, 5.74) is 3.34. The molecule has 3 nitrogen and oxygen atoms in total. The first-order valence-electron chi connectivity index (χ1n) is 5.78. The maximum Gasteiger partial charge on any atom is 0.214 e. The number of aryl methyl sites for hydroxylation is 1. The molecule has 18 heavy (non-hydrogen) atoms. The molecule has 1 aliphatic rings. The highest BCUT2D eigenvalue weighted by Crippen LogP contribution is 2.25. The number of hydrogen-bond acceptors (Lipinski definition) is 3. The zero-order chi connectivity index (χ0) is 12.4. The van der Waals surface area contributed by atoms with Gasteiger partial charge in [-0.25, -0.2) is 0 Å². The molecule has 0 saturated heterocycles. The summed E-state index contributed by atoms with van der Waals surface area (Å²) in [5.74, 6) is 0. The topological polar surface area (TPSA) is 37.4 Å². The van der Waals surface area contributed by atoms with Gasteiger partial charge in [0.2, 0.25) is 10.3 Å². The predicted octanol–water partition coefficient (Wildman–Crippen LogP) is 1.56. The minimum Gasteiger partial charge on any atom is -0.306 e. The molecular weight excluding hydrogens is 270 g/mol. The summed E-state index contributed by atoms with van der Waals surface area (Å²) in [5, 5.41) is 1.32. The van der Waals surface area contributed by atoms with Gasteiger partial charge in [-0.05, 0) is 50.0 Å². The van der Waals surface area contributed by atoms with Crippen LogP contribution in [0.2, 0.25) is 0 Å². The molecule has 0 spiro atoms. The highest BCUT2D eigenvalue weighted by Gasteiger charge is 2.21. The van der Waals surface area contributed by atoms with Crippen LogP contribution < -0.4 is 0 Å². The molecule has 0 aromatic heterocycles. The molecule has 5 heteroatoms. The van der Waals surface area contributed by atoms with Crippen LogP contribution in [-0.2, 0) is 23.1 Å². The van der Waals surface area contributed by atoms with Gasteiger partial charge in [-0.15, -0.1) is 12.4 Å². The predicted molar refractivity (Wildman–Crippen MR) is 77.3 cm³/mol. The zero-order valence-corrected chi connectivity index (χ0v) is 12.2. The second kappa shape index (κ2) is 6.36. The lowest BCUT2D eigenvalue weighted by Crippen LogP contribution is -2.34. The molecule has 2 rings (SSSR count). The van der Waals surface area contributed by atoms with Crippen molar-refractivity contribution in [2.45, 2.75) is 25.3 Å². The van der Waals surface area contributed by atoms with Gasteiger partial charge in [0.1, 0.15) is 0 Å². The van der Waals surface area contributed by atoms with E-state index in [4.69, 9.17) is 0 Å². The van der Waals surface area contributed by atoms with Gasteiger partial charge in [-0.1, -0.05) is 18.2 Å². The lowest BCUT2D eigenvalue weighted by molar-refractivity contribution is 0.268. The van der Waals surface area contributed by atoms with Crippen LogP contribution in [0.5, 0.6) is 0 Å². The van der Waals surface area contributed by atoms with E-state index in [1.54, 1.807) is 0 Å². The zero-order valence-electron chi connectivity index (χ0n) is 10.6. The summed E-state index contributed by atoms with van der Waals surface area (Å²) in [4.78, 5) is 2.22. The Labute approximate surface area is 116 Å². The fourth-order valence-corrected chi connectivity index (χ4v) is 2.88. The number of nitrogens with zero attached hydrogens (tertiary/aromatic N) is 1. The number of likely N-dealkylation sites (N-methyl/N-ethyl adjacent to an activating group) is 1. The molecule has 0 N–H and O–H groups in total. The van der Waals surface area contributed by atoms with Crippen LogP contribution in [0.4, 0.5) is 0 Å². The highest BCUT2D eigenvalue weighted by atomic mass is 35.5. The molecule has 0 saturated carbocycles. The van der Waals surface area contributed by atoms with Crippen molar-refractivity contribution in [3.63, 3.8) is 0 Å². The average Bonchev–Trinajstić information content (AvgIpc) is 2.28. The van der Waals surface area contributed by atoms with Crippen LogP contribution in [0.3, 0.4) is 0 Å². The third kappa shape index (κ3) is 3.34. The molecule has 1 unspecified atom stereocenters. The maximum atomic E-state index is 10.8. The van der Waals surface area contributed by atoms with Gasteiger partial charge in [0.25, 0.3) is 0 Å². The Morgan fingerprint density at radius 2 is 2.06 bits per heavy atom. The summed E-state index contributed by atoms with van der Waals surface area (Å²) >= 11 is 0. The molecule has 1 aromatic carbocycles. The summed E-state index contributed by atoms with van der Waals surface area (Å²) in [6.07, 6.45) is 3.11. The van der Waals surface area contributed by atoms with Crippen LogP contribution in [0.25, 0.3) is 0 Å². The van der Waals surface area contributed by atoms with Crippen molar-refractivity contribution in [3.05, 3.63) is 34.9 Å². The molecular formula is C13H18ClNO2S. The van der Waals surface area contributed by atoms with E-state index >= 15 is 0 Å². The molecule has 0 aliphatic heterocycles.